The van der Waals surface area contributed by atoms with Crippen molar-refractivity contribution in [2.75, 3.05) is 20.2 Å². The number of methoxy groups -OCH3 is 1. The predicted octanol–water partition coefficient (Wildman–Crippen LogP) is 3.89. The Labute approximate surface area is 172 Å². The summed E-state index contributed by atoms with van der Waals surface area (Å²) >= 11 is 0. The Bertz CT molecular complexity index is 677. The second kappa shape index (κ2) is 12.6. The lowest BCUT2D eigenvalue weighted by atomic mass is 10.1. The SMILES string of the molecule is CCNC(=NCc1cccc(COC)c1)NCCc1ccc(F)cc1.I. The zero-order chi connectivity index (χ0) is 17.9. The molecule has 0 aliphatic rings. The average Bonchev–Trinajstić information content (AvgIpc) is 2.62. The van der Waals surface area contributed by atoms with Crippen LogP contribution in [0.3, 0.4) is 0 Å². The van der Waals surface area contributed by atoms with Gasteiger partial charge in [0.15, 0.2) is 5.96 Å². The molecule has 142 valence electrons. The topological polar surface area (TPSA) is 45.7 Å². The zero-order valence-corrected chi connectivity index (χ0v) is 17.6. The van der Waals surface area contributed by atoms with Gasteiger partial charge in [-0.25, -0.2) is 9.38 Å². The second-order valence-corrected chi connectivity index (χ2v) is 5.75. The maximum atomic E-state index is 12.9. The van der Waals surface area contributed by atoms with Crippen molar-refractivity contribution in [1.29, 1.82) is 0 Å². The Kier molecular flexibility index (Phi) is 10.9. The van der Waals surface area contributed by atoms with Crippen LogP contribution in [-0.4, -0.2) is 26.2 Å². The standard InChI is InChI=1S/C20H26FN3O.HI/c1-3-22-20(23-12-11-16-7-9-19(21)10-8-16)24-14-17-5-4-6-18(13-17)15-25-2;/h4-10,13H,3,11-12,14-15H2,1-2H3,(H2,22,23,24);1H. The van der Waals surface area contributed by atoms with Crippen LogP contribution in [-0.2, 0) is 24.3 Å². The zero-order valence-electron chi connectivity index (χ0n) is 15.3. The van der Waals surface area contributed by atoms with Gasteiger partial charge in [0.1, 0.15) is 5.82 Å². The Hall–Kier alpha value is -1.67. The van der Waals surface area contributed by atoms with Crippen LogP contribution in [0.4, 0.5) is 4.39 Å². The fraction of sp³-hybridized carbons (Fsp3) is 0.350. The van der Waals surface area contributed by atoms with Gasteiger partial charge in [0.05, 0.1) is 13.2 Å². The number of nitrogens with one attached hydrogen (secondary N) is 2. The van der Waals surface area contributed by atoms with Crippen molar-refractivity contribution in [3.05, 3.63) is 71.0 Å². The minimum absolute atomic E-state index is 0. The van der Waals surface area contributed by atoms with Crippen LogP contribution >= 0.6 is 24.0 Å². The minimum Gasteiger partial charge on any atom is -0.380 e. The van der Waals surface area contributed by atoms with Gasteiger partial charge in [-0.2, -0.15) is 0 Å². The van der Waals surface area contributed by atoms with E-state index in [1.807, 2.05) is 31.2 Å². The number of aliphatic imine (C=N–C) groups is 1. The molecule has 2 aromatic rings. The molecule has 0 saturated carbocycles. The van der Waals surface area contributed by atoms with E-state index in [0.717, 1.165) is 42.2 Å². The molecule has 0 amide bonds. The van der Waals surface area contributed by atoms with Gasteiger partial charge in [-0.1, -0.05) is 36.4 Å². The molecule has 6 heteroatoms. The van der Waals surface area contributed by atoms with Gasteiger partial charge in [0.25, 0.3) is 0 Å². The van der Waals surface area contributed by atoms with E-state index in [1.165, 1.54) is 12.1 Å². The van der Waals surface area contributed by atoms with Crippen molar-refractivity contribution in [2.24, 2.45) is 4.99 Å². The molecule has 2 N–H and O–H groups in total. The van der Waals surface area contributed by atoms with E-state index in [2.05, 4.69) is 27.8 Å². The molecule has 0 saturated heterocycles. The molecule has 4 nitrogen and oxygen atoms in total. The van der Waals surface area contributed by atoms with Crippen molar-refractivity contribution < 1.29 is 9.13 Å². The summed E-state index contributed by atoms with van der Waals surface area (Å²) in [6.07, 6.45) is 0.814. The van der Waals surface area contributed by atoms with Gasteiger partial charge in [0.2, 0.25) is 0 Å². The van der Waals surface area contributed by atoms with Crippen molar-refractivity contribution in [3.8, 4) is 0 Å². The maximum absolute atomic E-state index is 12.9. The first-order valence-electron chi connectivity index (χ1n) is 8.54. The van der Waals surface area contributed by atoms with Gasteiger partial charge in [0, 0.05) is 20.2 Å². The van der Waals surface area contributed by atoms with Gasteiger partial charge in [-0.3, -0.25) is 0 Å². The number of rotatable bonds is 8. The van der Waals surface area contributed by atoms with E-state index in [9.17, 15) is 4.39 Å². The maximum Gasteiger partial charge on any atom is 0.191 e. The first-order chi connectivity index (χ1) is 12.2. The van der Waals surface area contributed by atoms with Gasteiger partial charge in [-0.15, -0.1) is 24.0 Å². The summed E-state index contributed by atoms with van der Waals surface area (Å²) in [6.45, 7) is 4.78. The smallest absolute Gasteiger partial charge is 0.191 e. The molecular formula is C20H27FIN3O. The highest BCUT2D eigenvalue weighted by atomic mass is 127. The summed E-state index contributed by atoms with van der Waals surface area (Å²) < 4.78 is 18.1. The lowest BCUT2D eigenvalue weighted by Gasteiger charge is -2.11. The molecule has 0 heterocycles. The van der Waals surface area contributed by atoms with Crippen LogP contribution in [0.25, 0.3) is 0 Å². The Morgan fingerprint density at radius 1 is 1.04 bits per heavy atom. The van der Waals surface area contributed by atoms with Crippen molar-refractivity contribution >= 4 is 29.9 Å². The van der Waals surface area contributed by atoms with Crippen molar-refractivity contribution in [2.45, 2.75) is 26.5 Å². The molecule has 2 rings (SSSR count). The molecule has 0 bridgehead atoms. The van der Waals surface area contributed by atoms with Crippen molar-refractivity contribution in [3.63, 3.8) is 0 Å². The average molecular weight is 471 g/mol. The van der Waals surface area contributed by atoms with E-state index in [-0.39, 0.29) is 29.8 Å². The molecule has 0 fully saturated rings. The summed E-state index contributed by atoms with van der Waals surface area (Å²) in [6, 6.07) is 14.8. The summed E-state index contributed by atoms with van der Waals surface area (Å²) in [4.78, 5) is 4.62. The van der Waals surface area contributed by atoms with Crippen LogP contribution in [0.5, 0.6) is 0 Å². The van der Waals surface area contributed by atoms with Crippen LogP contribution in [0.2, 0.25) is 0 Å². The second-order valence-electron chi connectivity index (χ2n) is 5.75. The van der Waals surface area contributed by atoms with E-state index >= 15 is 0 Å². The molecule has 0 aromatic heterocycles. The third kappa shape index (κ3) is 8.14. The molecule has 0 radical (unpaired) electrons. The molecule has 26 heavy (non-hydrogen) atoms. The fourth-order valence-electron chi connectivity index (χ4n) is 2.47. The number of hydrogen-bond acceptors (Lipinski definition) is 2. The Morgan fingerprint density at radius 3 is 2.46 bits per heavy atom. The molecule has 0 aliphatic heterocycles. The molecule has 0 unspecified atom stereocenters. The van der Waals surface area contributed by atoms with Crippen LogP contribution in [0.15, 0.2) is 53.5 Å². The number of hydrogen-bond donors (Lipinski definition) is 2. The monoisotopic (exact) mass is 471 g/mol. The Morgan fingerprint density at radius 2 is 1.77 bits per heavy atom. The van der Waals surface area contributed by atoms with E-state index in [4.69, 9.17) is 4.74 Å². The molecule has 0 aliphatic carbocycles. The quantitative estimate of drug-likeness (QED) is 0.349. The number of halogens is 2. The predicted molar refractivity (Wildman–Crippen MR) is 115 cm³/mol. The number of guanidine groups is 1. The van der Waals surface area contributed by atoms with Gasteiger partial charge >= 0.3 is 0 Å². The number of nitrogens with zero attached hydrogens (tertiary/aromatic N) is 1. The largest absolute Gasteiger partial charge is 0.380 e. The van der Waals surface area contributed by atoms with Crippen molar-refractivity contribution in [1.82, 2.24) is 10.6 Å². The van der Waals surface area contributed by atoms with E-state index in [1.54, 1.807) is 7.11 Å². The Balaban J connectivity index is 0.00000338. The summed E-state index contributed by atoms with van der Waals surface area (Å²) in [5, 5.41) is 6.56. The van der Waals surface area contributed by atoms with E-state index in [0.29, 0.717) is 13.2 Å². The van der Waals surface area contributed by atoms with Gasteiger partial charge in [-0.05, 0) is 42.2 Å². The first-order valence-corrected chi connectivity index (χ1v) is 8.54. The fourth-order valence-corrected chi connectivity index (χ4v) is 2.47. The van der Waals surface area contributed by atoms with Crippen LogP contribution in [0.1, 0.15) is 23.6 Å². The molecule has 0 spiro atoms. The highest BCUT2D eigenvalue weighted by Gasteiger charge is 2.00. The summed E-state index contributed by atoms with van der Waals surface area (Å²) in [5.41, 5.74) is 3.38. The lowest BCUT2D eigenvalue weighted by Crippen LogP contribution is -2.38. The highest BCUT2D eigenvalue weighted by molar-refractivity contribution is 14.0. The third-order valence-electron chi connectivity index (χ3n) is 3.69. The normalized spacial score (nSPS) is 11.0. The van der Waals surface area contributed by atoms with E-state index < -0.39 is 0 Å². The number of benzene rings is 2. The summed E-state index contributed by atoms with van der Waals surface area (Å²) in [7, 11) is 1.69. The highest BCUT2D eigenvalue weighted by Crippen LogP contribution is 2.07. The van der Waals surface area contributed by atoms with Gasteiger partial charge < -0.3 is 15.4 Å². The molecular weight excluding hydrogens is 444 g/mol. The third-order valence-corrected chi connectivity index (χ3v) is 3.69. The van der Waals surface area contributed by atoms with Crippen LogP contribution in [0, 0.1) is 5.82 Å². The minimum atomic E-state index is -0.206. The first kappa shape index (κ1) is 22.4. The molecule has 0 atom stereocenters. The number of ether oxygens (including phenoxy) is 1. The lowest BCUT2D eigenvalue weighted by molar-refractivity contribution is 0.185. The summed E-state index contributed by atoms with van der Waals surface area (Å²) in [5.74, 6) is 0.573. The molecule has 2 aromatic carbocycles. The van der Waals surface area contributed by atoms with Crippen LogP contribution < -0.4 is 10.6 Å².